The lowest BCUT2D eigenvalue weighted by molar-refractivity contribution is 0.669. The molecule has 0 spiro atoms. The van der Waals surface area contributed by atoms with Crippen LogP contribution in [0.15, 0.2) is 93.8 Å². The molecule has 3 aromatic heterocycles. The molecule has 0 amide bonds. The minimum absolute atomic E-state index is 0.906. The first kappa shape index (κ1) is 15.6. The average Bonchev–Trinajstić information content (AvgIpc) is 3.44. The Hall–Kier alpha value is -4.24. The quantitative estimate of drug-likeness (QED) is 0.280. The average molecular weight is 397 g/mol. The summed E-state index contributed by atoms with van der Waals surface area (Å²) in [5.41, 5.74) is 5.87. The summed E-state index contributed by atoms with van der Waals surface area (Å²) in [7, 11) is 0. The van der Waals surface area contributed by atoms with Crippen molar-refractivity contribution in [3.63, 3.8) is 0 Å². The topological polar surface area (TPSA) is 42.1 Å². The first-order valence-electron chi connectivity index (χ1n) is 10.4. The third-order valence-electron chi connectivity index (χ3n) is 6.55. The Bertz CT molecular complexity index is 1990. The second-order valence-corrected chi connectivity index (χ2v) is 8.31. The number of aromatic nitrogens is 1. The van der Waals surface area contributed by atoms with Crippen molar-refractivity contribution in [3.8, 4) is 0 Å². The van der Waals surface area contributed by atoms with Crippen molar-refractivity contribution in [2.45, 2.75) is 0 Å². The molecule has 8 rings (SSSR count). The molecule has 0 aliphatic rings. The Morgan fingerprint density at radius 1 is 0.419 bits per heavy atom. The number of nitrogens with one attached hydrogen (secondary N) is 1. The fraction of sp³-hybridized carbons (Fsp3) is 0. The molecule has 3 nitrogen and oxygen atoms in total. The number of benzene rings is 5. The summed E-state index contributed by atoms with van der Waals surface area (Å²) in [6.45, 7) is 0. The monoisotopic (exact) mass is 397 g/mol. The van der Waals surface area contributed by atoms with Crippen LogP contribution in [-0.4, -0.2) is 4.98 Å². The maximum Gasteiger partial charge on any atom is 0.136 e. The van der Waals surface area contributed by atoms with Crippen molar-refractivity contribution < 1.29 is 8.83 Å². The van der Waals surface area contributed by atoms with E-state index in [2.05, 4.69) is 77.8 Å². The SMILES string of the molecule is c1ccc2cc3c(cc2c1)oc1cc2c(cc13)[nH]c1cc3c(cc12)oc1ccccc13. The lowest BCUT2D eigenvalue weighted by atomic mass is 10.0. The fourth-order valence-electron chi connectivity index (χ4n) is 5.08. The minimum Gasteiger partial charge on any atom is -0.456 e. The van der Waals surface area contributed by atoms with Gasteiger partial charge in [-0.25, -0.2) is 0 Å². The van der Waals surface area contributed by atoms with Crippen molar-refractivity contribution in [1.29, 1.82) is 0 Å². The van der Waals surface area contributed by atoms with Gasteiger partial charge in [0.05, 0.1) is 0 Å². The van der Waals surface area contributed by atoms with Crippen LogP contribution < -0.4 is 0 Å². The van der Waals surface area contributed by atoms with E-state index in [1.54, 1.807) is 0 Å². The standard InChI is InChI=1S/C28H15NO2/c1-2-6-16-10-26-20(9-15(16)5-1)22-12-24-19(14-28(22)31-26)18-13-27-21(11-23(18)29-24)17-7-3-4-8-25(17)30-27/h1-14,29H. The van der Waals surface area contributed by atoms with Gasteiger partial charge in [0.1, 0.15) is 22.3 Å². The molecule has 5 aromatic carbocycles. The van der Waals surface area contributed by atoms with Gasteiger partial charge >= 0.3 is 0 Å². The predicted molar refractivity (Wildman–Crippen MR) is 128 cm³/mol. The van der Waals surface area contributed by atoms with E-state index in [1.165, 1.54) is 10.8 Å². The maximum absolute atomic E-state index is 6.29. The van der Waals surface area contributed by atoms with Crippen LogP contribution in [0.4, 0.5) is 0 Å². The van der Waals surface area contributed by atoms with Crippen molar-refractivity contribution in [3.05, 3.63) is 84.9 Å². The van der Waals surface area contributed by atoms with Gasteiger partial charge in [0.15, 0.2) is 0 Å². The van der Waals surface area contributed by atoms with Crippen LogP contribution in [0.5, 0.6) is 0 Å². The zero-order valence-corrected chi connectivity index (χ0v) is 16.4. The van der Waals surface area contributed by atoms with Crippen LogP contribution >= 0.6 is 0 Å². The van der Waals surface area contributed by atoms with Gasteiger partial charge in [-0.2, -0.15) is 0 Å². The van der Waals surface area contributed by atoms with E-state index in [1.807, 2.05) is 12.1 Å². The number of para-hydroxylation sites is 1. The molecule has 0 saturated heterocycles. The summed E-state index contributed by atoms with van der Waals surface area (Å²) in [4.78, 5) is 3.63. The summed E-state index contributed by atoms with van der Waals surface area (Å²) in [5.74, 6) is 0. The summed E-state index contributed by atoms with van der Waals surface area (Å²) in [6, 6.07) is 29.7. The highest BCUT2D eigenvalue weighted by Crippen LogP contribution is 2.39. The van der Waals surface area contributed by atoms with Crippen molar-refractivity contribution in [2.24, 2.45) is 0 Å². The van der Waals surface area contributed by atoms with Crippen molar-refractivity contribution >= 4 is 76.5 Å². The van der Waals surface area contributed by atoms with E-state index in [0.717, 1.165) is 65.7 Å². The van der Waals surface area contributed by atoms with Gasteiger partial charge in [-0.1, -0.05) is 42.5 Å². The molecule has 0 aliphatic carbocycles. The zero-order chi connectivity index (χ0) is 20.1. The van der Waals surface area contributed by atoms with E-state index in [4.69, 9.17) is 8.83 Å². The Kier molecular flexibility index (Phi) is 2.65. The molecule has 0 radical (unpaired) electrons. The van der Waals surface area contributed by atoms with Crippen LogP contribution in [0.1, 0.15) is 0 Å². The Labute approximate surface area is 175 Å². The van der Waals surface area contributed by atoms with Crippen LogP contribution in [0.2, 0.25) is 0 Å². The molecule has 144 valence electrons. The molecule has 3 heteroatoms. The van der Waals surface area contributed by atoms with Gasteiger partial charge in [-0.15, -0.1) is 0 Å². The maximum atomic E-state index is 6.29. The summed E-state index contributed by atoms with van der Waals surface area (Å²) < 4.78 is 12.4. The number of furan rings is 2. The van der Waals surface area contributed by atoms with Crippen molar-refractivity contribution in [1.82, 2.24) is 4.98 Å². The van der Waals surface area contributed by atoms with Crippen LogP contribution in [0, 0.1) is 0 Å². The van der Waals surface area contributed by atoms with Crippen molar-refractivity contribution in [2.75, 3.05) is 0 Å². The molecule has 0 fully saturated rings. The first-order valence-corrected chi connectivity index (χ1v) is 10.4. The number of H-pyrrole nitrogens is 1. The molecule has 0 unspecified atom stereocenters. The summed E-state index contributed by atoms with van der Waals surface area (Å²) in [5, 5.41) is 9.27. The molecule has 31 heavy (non-hydrogen) atoms. The Morgan fingerprint density at radius 3 is 1.74 bits per heavy atom. The van der Waals surface area contributed by atoms with Crippen LogP contribution in [-0.2, 0) is 0 Å². The van der Waals surface area contributed by atoms with Gasteiger partial charge in [0.2, 0.25) is 0 Å². The third kappa shape index (κ3) is 1.98. The lowest BCUT2D eigenvalue weighted by Crippen LogP contribution is -1.72. The molecule has 0 atom stereocenters. The highest BCUT2D eigenvalue weighted by atomic mass is 16.3. The third-order valence-corrected chi connectivity index (χ3v) is 6.55. The molecule has 0 saturated carbocycles. The number of fused-ring (bicyclic) bond motifs is 10. The Balaban J connectivity index is 1.49. The highest BCUT2D eigenvalue weighted by Gasteiger charge is 2.15. The van der Waals surface area contributed by atoms with E-state index in [0.29, 0.717) is 0 Å². The smallest absolute Gasteiger partial charge is 0.136 e. The van der Waals surface area contributed by atoms with E-state index in [-0.39, 0.29) is 0 Å². The Morgan fingerprint density at radius 2 is 0.968 bits per heavy atom. The van der Waals surface area contributed by atoms with Crippen LogP contribution in [0.25, 0.3) is 76.5 Å². The second kappa shape index (κ2) is 5.27. The van der Waals surface area contributed by atoms with E-state index in [9.17, 15) is 0 Å². The van der Waals surface area contributed by atoms with E-state index < -0.39 is 0 Å². The van der Waals surface area contributed by atoms with Gasteiger partial charge in [0.25, 0.3) is 0 Å². The normalized spacial score (nSPS) is 12.5. The highest BCUT2D eigenvalue weighted by molar-refractivity contribution is 6.20. The van der Waals surface area contributed by atoms with E-state index >= 15 is 0 Å². The molecular formula is C28H15NO2. The molecule has 1 N–H and O–H groups in total. The molecule has 0 bridgehead atoms. The molecule has 3 heterocycles. The second-order valence-electron chi connectivity index (χ2n) is 8.31. The molecular weight excluding hydrogens is 382 g/mol. The van der Waals surface area contributed by atoms with Gasteiger partial charge in [-0.05, 0) is 53.2 Å². The largest absolute Gasteiger partial charge is 0.456 e. The zero-order valence-electron chi connectivity index (χ0n) is 16.4. The predicted octanol–water partition coefficient (Wildman–Crippen LogP) is 8.27. The summed E-state index contributed by atoms with van der Waals surface area (Å²) in [6.07, 6.45) is 0. The molecule has 8 aromatic rings. The van der Waals surface area contributed by atoms with Crippen LogP contribution in [0.3, 0.4) is 0 Å². The number of rotatable bonds is 0. The fourth-order valence-corrected chi connectivity index (χ4v) is 5.08. The number of aromatic amines is 1. The number of hydrogen-bond acceptors (Lipinski definition) is 2. The van der Waals surface area contributed by atoms with Gasteiger partial charge in [0, 0.05) is 43.4 Å². The minimum atomic E-state index is 0.906. The lowest BCUT2D eigenvalue weighted by Gasteiger charge is -1.97. The number of hydrogen-bond donors (Lipinski definition) is 1. The first-order chi connectivity index (χ1) is 15.3. The van der Waals surface area contributed by atoms with Gasteiger partial charge < -0.3 is 13.8 Å². The summed E-state index contributed by atoms with van der Waals surface area (Å²) >= 11 is 0. The molecule has 0 aliphatic heterocycles. The van der Waals surface area contributed by atoms with Gasteiger partial charge in [-0.3, -0.25) is 0 Å².